The van der Waals surface area contributed by atoms with Crippen molar-refractivity contribution < 1.29 is 0 Å². The SMILES string of the molecule is C1=CC(C2=CCC(C3=NC(C4CC=C(C5=CCC(C6CCCCC6)N=C5C5=C6CCCCC6CCC5)CC4)N=C(C4=CCC(c5ccccc5)C=C4)N3)C=C2)CCC1. The molecule has 7 atom stereocenters. The van der Waals surface area contributed by atoms with Gasteiger partial charge in [-0.1, -0.05) is 122 Å². The lowest BCUT2D eigenvalue weighted by molar-refractivity contribution is 0.305. The molecule has 2 aliphatic heterocycles. The number of dihydropyridines is 1. The number of aliphatic imine (C=N–C) groups is 3. The summed E-state index contributed by atoms with van der Waals surface area (Å²) in [6, 6.07) is 11.4. The van der Waals surface area contributed by atoms with E-state index in [2.05, 4.69) is 96.4 Å². The molecule has 7 unspecified atom stereocenters. The highest BCUT2D eigenvalue weighted by molar-refractivity contribution is 6.16. The molecule has 58 heavy (non-hydrogen) atoms. The average molecular weight is 771 g/mol. The van der Waals surface area contributed by atoms with Crippen molar-refractivity contribution in [1.29, 1.82) is 0 Å². The van der Waals surface area contributed by atoms with Gasteiger partial charge in [0, 0.05) is 29.2 Å². The highest BCUT2D eigenvalue weighted by Crippen LogP contribution is 2.45. The Kier molecular flexibility index (Phi) is 11.6. The van der Waals surface area contributed by atoms with Crippen LogP contribution >= 0.6 is 0 Å². The standard InChI is InChI=1S/C54H66N4/c1-4-13-37(14-5-1)39-23-29-44(30-24-39)52-56-53(45-31-25-40(26-32-45)38-15-6-2-7-16-38)58-54(57-52)46-33-27-42(28-34-46)48-35-36-50(43-18-8-3-9-19-43)55-51(48)49-22-12-20-41-17-10-11-21-47(41)49/h1,4-6,13-15,23,25-27,29-31,35,38-39,41,43,45-46,50,54H,2-3,7-12,16-22,24,28,32-34,36H2,(H,56,57,58). The third-order valence-electron chi connectivity index (χ3n) is 15.5. The Balaban J connectivity index is 0.911. The molecule has 0 radical (unpaired) electrons. The summed E-state index contributed by atoms with van der Waals surface area (Å²) in [5.74, 6) is 5.31. The van der Waals surface area contributed by atoms with Gasteiger partial charge in [-0.25, -0.2) is 9.98 Å². The van der Waals surface area contributed by atoms with Crippen LogP contribution in [0, 0.1) is 29.6 Å². The van der Waals surface area contributed by atoms with Crippen LogP contribution in [-0.2, 0) is 0 Å². The van der Waals surface area contributed by atoms with Gasteiger partial charge in [0.2, 0.25) is 0 Å². The number of benzene rings is 1. The lowest BCUT2D eigenvalue weighted by Crippen LogP contribution is -2.43. The Morgan fingerprint density at radius 1 is 0.586 bits per heavy atom. The first kappa shape index (κ1) is 38.2. The van der Waals surface area contributed by atoms with Crippen molar-refractivity contribution in [3.05, 3.63) is 130 Å². The van der Waals surface area contributed by atoms with E-state index >= 15 is 0 Å². The van der Waals surface area contributed by atoms with Crippen LogP contribution in [-0.4, -0.2) is 29.6 Å². The smallest absolute Gasteiger partial charge is 0.147 e. The molecule has 2 fully saturated rings. The Labute approximate surface area is 349 Å². The predicted octanol–water partition coefficient (Wildman–Crippen LogP) is 13.4. The molecule has 0 aromatic heterocycles. The number of fused-ring (bicyclic) bond motifs is 1. The van der Waals surface area contributed by atoms with E-state index in [0.29, 0.717) is 23.8 Å². The Bertz CT molecular complexity index is 2040. The number of allylic oxidation sites excluding steroid dienone is 12. The molecule has 10 rings (SSSR count). The van der Waals surface area contributed by atoms with Crippen molar-refractivity contribution >= 4 is 17.4 Å². The van der Waals surface area contributed by atoms with E-state index in [1.165, 1.54) is 124 Å². The van der Waals surface area contributed by atoms with Gasteiger partial charge in [0.25, 0.3) is 0 Å². The molecule has 1 aromatic rings. The molecule has 0 bridgehead atoms. The summed E-state index contributed by atoms with van der Waals surface area (Å²) in [4.78, 5) is 16.8. The molecule has 0 amide bonds. The van der Waals surface area contributed by atoms with Gasteiger partial charge in [0.15, 0.2) is 0 Å². The van der Waals surface area contributed by atoms with Crippen LogP contribution in [0.25, 0.3) is 0 Å². The summed E-state index contributed by atoms with van der Waals surface area (Å²) >= 11 is 0. The Morgan fingerprint density at radius 3 is 2.24 bits per heavy atom. The number of nitrogens with one attached hydrogen (secondary N) is 1. The van der Waals surface area contributed by atoms with E-state index in [0.717, 1.165) is 62.0 Å². The van der Waals surface area contributed by atoms with Gasteiger partial charge in [-0.2, -0.15) is 0 Å². The first-order chi connectivity index (χ1) is 28.7. The summed E-state index contributed by atoms with van der Waals surface area (Å²) in [5, 5.41) is 3.81. The molecule has 7 aliphatic carbocycles. The largest absolute Gasteiger partial charge is 0.328 e. The van der Waals surface area contributed by atoms with Gasteiger partial charge in [-0.3, -0.25) is 4.99 Å². The maximum atomic E-state index is 5.84. The topological polar surface area (TPSA) is 49.1 Å². The van der Waals surface area contributed by atoms with Crippen molar-refractivity contribution in [2.75, 3.05) is 0 Å². The van der Waals surface area contributed by atoms with Gasteiger partial charge in [-0.05, 0) is 149 Å². The maximum absolute atomic E-state index is 5.84. The van der Waals surface area contributed by atoms with Crippen LogP contribution in [0.3, 0.4) is 0 Å². The lowest BCUT2D eigenvalue weighted by Gasteiger charge is -2.37. The first-order valence-corrected chi connectivity index (χ1v) is 23.8. The molecule has 1 N–H and O–H groups in total. The predicted molar refractivity (Wildman–Crippen MR) is 243 cm³/mol. The molecule has 4 heteroatoms. The molecule has 1 aromatic carbocycles. The molecule has 2 saturated carbocycles. The molecular weight excluding hydrogens is 705 g/mol. The zero-order chi connectivity index (χ0) is 38.7. The highest BCUT2D eigenvalue weighted by atomic mass is 15.2. The lowest BCUT2D eigenvalue weighted by atomic mass is 9.71. The van der Waals surface area contributed by atoms with Crippen LogP contribution in [0.5, 0.6) is 0 Å². The summed E-state index contributed by atoms with van der Waals surface area (Å²) in [6.45, 7) is 0. The number of hydrogen-bond donors (Lipinski definition) is 1. The zero-order valence-corrected chi connectivity index (χ0v) is 35.0. The molecule has 0 saturated heterocycles. The minimum atomic E-state index is -0.0688. The van der Waals surface area contributed by atoms with Gasteiger partial charge in [-0.15, -0.1) is 0 Å². The fourth-order valence-electron chi connectivity index (χ4n) is 12.1. The molecule has 4 nitrogen and oxygen atoms in total. The Hall–Kier alpha value is -4.05. The third-order valence-corrected chi connectivity index (χ3v) is 15.5. The van der Waals surface area contributed by atoms with Crippen molar-refractivity contribution in [1.82, 2.24) is 5.32 Å². The van der Waals surface area contributed by atoms with Crippen LogP contribution in [0.4, 0.5) is 0 Å². The van der Waals surface area contributed by atoms with Crippen LogP contribution in [0.15, 0.2) is 140 Å². The minimum absolute atomic E-state index is 0.0688. The molecule has 9 aliphatic rings. The molecular formula is C54H66N4. The number of rotatable bonds is 8. The fraction of sp³-hybridized carbons (Fsp3) is 0.537. The summed E-state index contributed by atoms with van der Waals surface area (Å²) in [5.41, 5.74) is 12.0. The molecule has 2 heterocycles. The second kappa shape index (κ2) is 17.7. The van der Waals surface area contributed by atoms with E-state index in [-0.39, 0.29) is 12.1 Å². The fourth-order valence-corrected chi connectivity index (χ4v) is 12.1. The maximum Gasteiger partial charge on any atom is 0.147 e. The van der Waals surface area contributed by atoms with Gasteiger partial charge >= 0.3 is 0 Å². The van der Waals surface area contributed by atoms with Gasteiger partial charge in [0.1, 0.15) is 17.8 Å². The highest BCUT2D eigenvalue weighted by Gasteiger charge is 2.36. The zero-order valence-electron chi connectivity index (χ0n) is 35.0. The van der Waals surface area contributed by atoms with Crippen molar-refractivity contribution in [3.63, 3.8) is 0 Å². The summed E-state index contributed by atoms with van der Waals surface area (Å²) in [6.07, 6.45) is 51.0. The monoisotopic (exact) mass is 771 g/mol. The van der Waals surface area contributed by atoms with Gasteiger partial charge in [0.05, 0.1) is 11.8 Å². The Morgan fingerprint density at radius 2 is 1.45 bits per heavy atom. The number of nitrogens with zero attached hydrogens (tertiary/aromatic N) is 3. The summed E-state index contributed by atoms with van der Waals surface area (Å²) in [7, 11) is 0. The van der Waals surface area contributed by atoms with E-state index < -0.39 is 0 Å². The second-order valence-corrected chi connectivity index (χ2v) is 19.1. The van der Waals surface area contributed by atoms with Crippen molar-refractivity contribution in [3.8, 4) is 0 Å². The second-order valence-electron chi connectivity index (χ2n) is 19.1. The van der Waals surface area contributed by atoms with Crippen molar-refractivity contribution in [2.24, 2.45) is 44.6 Å². The normalized spacial score (nSPS) is 33.1. The average Bonchev–Trinajstić information content (AvgIpc) is 3.32. The van der Waals surface area contributed by atoms with Crippen molar-refractivity contribution in [2.45, 2.75) is 153 Å². The molecule has 302 valence electrons. The number of hydrogen-bond acceptors (Lipinski definition) is 4. The van der Waals surface area contributed by atoms with Gasteiger partial charge < -0.3 is 5.32 Å². The van der Waals surface area contributed by atoms with E-state index in [1.54, 1.807) is 16.7 Å². The van der Waals surface area contributed by atoms with Crippen LogP contribution in [0.2, 0.25) is 0 Å². The first-order valence-electron chi connectivity index (χ1n) is 23.8. The van der Waals surface area contributed by atoms with E-state index in [4.69, 9.17) is 15.0 Å². The quantitative estimate of drug-likeness (QED) is 0.263. The van der Waals surface area contributed by atoms with E-state index in [9.17, 15) is 0 Å². The van der Waals surface area contributed by atoms with Crippen LogP contribution in [0.1, 0.15) is 146 Å². The van der Waals surface area contributed by atoms with E-state index in [1.807, 2.05) is 0 Å². The van der Waals surface area contributed by atoms with Crippen LogP contribution < -0.4 is 5.32 Å². The summed E-state index contributed by atoms with van der Waals surface area (Å²) < 4.78 is 0. The number of amidine groups is 2. The minimum Gasteiger partial charge on any atom is -0.328 e. The third kappa shape index (κ3) is 8.24. The molecule has 0 spiro atoms.